The molecule has 2 aromatic heterocycles. The molecule has 4 atom stereocenters. The molecule has 0 amide bonds. The maximum absolute atomic E-state index is 13.3. The van der Waals surface area contributed by atoms with Gasteiger partial charge in [-0.25, -0.2) is 4.98 Å². The number of ether oxygens (including phenoxy) is 1. The van der Waals surface area contributed by atoms with Crippen molar-refractivity contribution in [3.63, 3.8) is 0 Å². The SMILES string of the molecule is CC(C)n1nc(-c2cnc(N)c(C(F)(F)F)c2)cc1C1[C@@H]2C(N3CCOCC3)CC[C@H]12. The molecular weight excluding hydrogens is 407 g/mol. The highest BCUT2D eigenvalue weighted by molar-refractivity contribution is 5.63. The molecular formula is C22H28F3N5O. The number of pyridine rings is 1. The third-order valence-electron chi connectivity index (χ3n) is 7.10. The third-order valence-corrected chi connectivity index (χ3v) is 7.10. The summed E-state index contributed by atoms with van der Waals surface area (Å²) in [6, 6.07) is 3.71. The summed E-state index contributed by atoms with van der Waals surface area (Å²) in [5.41, 5.74) is 6.55. The van der Waals surface area contributed by atoms with Crippen LogP contribution in [-0.4, -0.2) is 52.0 Å². The minimum Gasteiger partial charge on any atom is -0.383 e. The number of nitrogen functional groups attached to an aromatic ring is 1. The first-order valence-electron chi connectivity index (χ1n) is 11.0. The minimum absolute atomic E-state index is 0.121. The molecule has 0 aromatic carbocycles. The highest BCUT2D eigenvalue weighted by Gasteiger charge is 2.60. The average Bonchev–Trinajstić information content (AvgIpc) is 3.08. The molecule has 0 spiro atoms. The summed E-state index contributed by atoms with van der Waals surface area (Å²) in [6.45, 7) is 7.65. The number of morpholine rings is 1. The molecule has 31 heavy (non-hydrogen) atoms. The maximum atomic E-state index is 13.3. The summed E-state index contributed by atoms with van der Waals surface area (Å²) in [4.78, 5) is 6.35. The van der Waals surface area contributed by atoms with E-state index < -0.39 is 17.6 Å². The number of alkyl halides is 3. The predicted octanol–water partition coefficient (Wildman–Crippen LogP) is 3.95. The third kappa shape index (κ3) is 3.61. The van der Waals surface area contributed by atoms with Crippen LogP contribution in [0.2, 0.25) is 0 Å². The number of hydrogen-bond acceptors (Lipinski definition) is 5. The van der Waals surface area contributed by atoms with E-state index in [4.69, 9.17) is 15.6 Å². The van der Waals surface area contributed by atoms with Crippen molar-refractivity contribution in [3.8, 4) is 11.3 Å². The maximum Gasteiger partial charge on any atom is 0.419 e. The van der Waals surface area contributed by atoms with Crippen LogP contribution in [0.3, 0.4) is 0 Å². The Hall–Kier alpha value is -2.13. The Bertz CT molecular complexity index is 967. The van der Waals surface area contributed by atoms with Gasteiger partial charge in [0, 0.05) is 48.5 Å². The van der Waals surface area contributed by atoms with Crippen LogP contribution in [0.5, 0.6) is 0 Å². The van der Waals surface area contributed by atoms with Gasteiger partial charge in [0.05, 0.1) is 24.5 Å². The Kier molecular flexibility index (Phi) is 5.01. The van der Waals surface area contributed by atoms with Gasteiger partial charge in [-0.3, -0.25) is 9.58 Å². The summed E-state index contributed by atoms with van der Waals surface area (Å²) < 4.78 is 47.4. The van der Waals surface area contributed by atoms with Crippen LogP contribution >= 0.6 is 0 Å². The number of halogens is 3. The zero-order valence-electron chi connectivity index (χ0n) is 17.8. The summed E-state index contributed by atoms with van der Waals surface area (Å²) in [5.74, 6) is 1.12. The van der Waals surface area contributed by atoms with Gasteiger partial charge in [0.15, 0.2) is 0 Å². The lowest BCUT2D eigenvalue weighted by Crippen LogP contribution is -2.44. The number of nitrogens with zero attached hydrogens (tertiary/aromatic N) is 4. The quantitative estimate of drug-likeness (QED) is 0.788. The smallest absolute Gasteiger partial charge is 0.383 e. The Labute approximate surface area is 179 Å². The predicted molar refractivity (Wildman–Crippen MR) is 110 cm³/mol. The molecule has 2 aliphatic carbocycles. The van der Waals surface area contributed by atoms with Crippen molar-refractivity contribution in [3.05, 3.63) is 29.6 Å². The topological polar surface area (TPSA) is 69.2 Å². The normalized spacial score (nSPS) is 28.8. The van der Waals surface area contributed by atoms with Crippen molar-refractivity contribution >= 4 is 5.82 Å². The number of rotatable bonds is 4. The first-order chi connectivity index (χ1) is 14.8. The van der Waals surface area contributed by atoms with Gasteiger partial charge in [-0.15, -0.1) is 0 Å². The first-order valence-corrected chi connectivity index (χ1v) is 11.0. The zero-order valence-corrected chi connectivity index (χ0v) is 17.8. The van der Waals surface area contributed by atoms with Crippen LogP contribution in [0.25, 0.3) is 11.3 Å². The molecule has 168 valence electrons. The van der Waals surface area contributed by atoms with E-state index in [0.717, 1.165) is 38.1 Å². The standard InChI is InChI=1S/C22H28F3N5O/c1-12(2)30-18(20-14-3-4-17(19(14)20)29-5-7-31-8-6-29)10-16(28-30)13-9-15(22(23,24)25)21(26)27-11-13/h9-12,14,17,19-20H,3-8H2,1-2H3,(H2,26,27)/t14-,17?,19-,20?/m0/s1. The Balaban J connectivity index is 1.45. The van der Waals surface area contributed by atoms with E-state index in [1.807, 2.05) is 10.7 Å². The number of aromatic nitrogens is 3. The molecule has 3 fully saturated rings. The van der Waals surface area contributed by atoms with Crippen LogP contribution < -0.4 is 5.73 Å². The average molecular weight is 435 g/mol. The van der Waals surface area contributed by atoms with Crippen LogP contribution in [-0.2, 0) is 10.9 Å². The summed E-state index contributed by atoms with van der Waals surface area (Å²) in [6.07, 6.45) is -0.760. The highest BCUT2D eigenvalue weighted by Crippen LogP contribution is 2.64. The lowest BCUT2D eigenvalue weighted by molar-refractivity contribution is -0.137. The van der Waals surface area contributed by atoms with Gasteiger partial charge in [0.25, 0.3) is 0 Å². The molecule has 2 aromatic rings. The van der Waals surface area contributed by atoms with Crippen molar-refractivity contribution in [2.24, 2.45) is 11.8 Å². The van der Waals surface area contributed by atoms with Crippen molar-refractivity contribution < 1.29 is 17.9 Å². The van der Waals surface area contributed by atoms with Gasteiger partial charge in [-0.05, 0) is 50.7 Å². The number of hydrogen-bond donors (Lipinski definition) is 1. The molecule has 2 saturated carbocycles. The highest BCUT2D eigenvalue weighted by atomic mass is 19.4. The number of anilines is 1. The second-order valence-corrected chi connectivity index (χ2v) is 9.21. The molecule has 3 heterocycles. The lowest BCUT2D eigenvalue weighted by Gasteiger charge is -2.33. The van der Waals surface area contributed by atoms with Gasteiger partial charge in [-0.1, -0.05) is 0 Å². The van der Waals surface area contributed by atoms with Gasteiger partial charge in [-0.2, -0.15) is 18.3 Å². The van der Waals surface area contributed by atoms with Gasteiger partial charge in [0.1, 0.15) is 5.82 Å². The van der Waals surface area contributed by atoms with Crippen molar-refractivity contribution in [2.45, 2.75) is 50.9 Å². The first kappa shape index (κ1) is 20.8. The van der Waals surface area contributed by atoms with Gasteiger partial charge < -0.3 is 10.5 Å². The van der Waals surface area contributed by atoms with E-state index >= 15 is 0 Å². The van der Waals surface area contributed by atoms with Crippen LogP contribution in [0.1, 0.15) is 49.9 Å². The molecule has 2 unspecified atom stereocenters. The fourth-order valence-electron chi connectivity index (χ4n) is 5.66. The Morgan fingerprint density at radius 2 is 1.90 bits per heavy atom. The molecule has 6 nitrogen and oxygen atoms in total. The van der Waals surface area contributed by atoms with E-state index in [9.17, 15) is 13.2 Å². The second-order valence-electron chi connectivity index (χ2n) is 9.21. The molecule has 0 bridgehead atoms. The van der Waals surface area contributed by atoms with E-state index in [1.54, 1.807) is 0 Å². The summed E-state index contributed by atoms with van der Waals surface area (Å²) >= 11 is 0. The van der Waals surface area contributed by atoms with Gasteiger partial charge >= 0.3 is 6.18 Å². The molecule has 3 aliphatic rings. The fraction of sp³-hybridized carbons (Fsp3) is 0.636. The van der Waals surface area contributed by atoms with Crippen molar-refractivity contribution in [1.29, 1.82) is 0 Å². The molecule has 1 aliphatic heterocycles. The van der Waals surface area contributed by atoms with E-state index in [1.165, 1.54) is 19.0 Å². The lowest BCUT2D eigenvalue weighted by atomic mass is 10.0. The van der Waals surface area contributed by atoms with Crippen molar-refractivity contribution in [1.82, 2.24) is 19.7 Å². The zero-order chi connectivity index (χ0) is 21.9. The Morgan fingerprint density at radius 1 is 1.16 bits per heavy atom. The minimum atomic E-state index is -4.55. The van der Waals surface area contributed by atoms with Crippen LogP contribution in [0.15, 0.2) is 18.3 Å². The fourth-order valence-corrected chi connectivity index (χ4v) is 5.66. The van der Waals surface area contributed by atoms with Crippen LogP contribution in [0.4, 0.5) is 19.0 Å². The summed E-state index contributed by atoms with van der Waals surface area (Å²) in [5, 5.41) is 4.69. The monoisotopic (exact) mass is 435 g/mol. The molecule has 5 rings (SSSR count). The second kappa shape index (κ2) is 7.48. The molecule has 2 N–H and O–H groups in total. The molecule has 9 heteroatoms. The van der Waals surface area contributed by atoms with E-state index in [-0.39, 0.29) is 6.04 Å². The largest absolute Gasteiger partial charge is 0.419 e. The number of nitrogens with two attached hydrogens (primary N) is 1. The van der Waals surface area contributed by atoms with Crippen molar-refractivity contribution in [2.75, 3.05) is 32.0 Å². The molecule has 1 saturated heterocycles. The summed E-state index contributed by atoms with van der Waals surface area (Å²) in [7, 11) is 0. The van der Waals surface area contributed by atoms with E-state index in [2.05, 4.69) is 23.7 Å². The van der Waals surface area contributed by atoms with Crippen LogP contribution in [0, 0.1) is 11.8 Å². The van der Waals surface area contributed by atoms with Gasteiger partial charge in [0.2, 0.25) is 0 Å². The number of fused-ring (bicyclic) bond motifs is 1. The molecule has 0 radical (unpaired) electrons. The Morgan fingerprint density at radius 3 is 2.58 bits per heavy atom. The van der Waals surface area contributed by atoms with E-state index in [0.29, 0.717) is 35.1 Å².